The van der Waals surface area contributed by atoms with Crippen molar-refractivity contribution in [2.24, 2.45) is 0 Å². The minimum absolute atomic E-state index is 0.0394. The maximum atomic E-state index is 13.3. The molecule has 0 bridgehead atoms. The molecule has 0 aliphatic carbocycles. The highest BCUT2D eigenvalue weighted by atomic mass is 16.6. The molecular formula is C22H22N2O7. The third-order valence-corrected chi connectivity index (χ3v) is 4.78. The molecule has 2 amide bonds. The van der Waals surface area contributed by atoms with Crippen LogP contribution >= 0.6 is 0 Å². The van der Waals surface area contributed by atoms with Crippen LogP contribution < -0.4 is 10.1 Å². The van der Waals surface area contributed by atoms with E-state index in [-0.39, 0.29) is 19.6 Å². The van der Waals surface area contributed by atoms with Gasteiger partial charge >= 0.3 is 11.9 Å². The highest BCUT2D eigenvalue weighted by Gasteiger charge is 2.37. The lowest BCUT2D eigenvalue weighted by Gasteiger charge is -2.28. The van der Waals surface area contributed by atoms with Crippen LogP contribution in [0.1, 0.15) is 22.3 Å². The molecule has 0 radical (unpaired) electrons. The molecule has 0 saturated heterocycles. The maximum absolute atomic E-state index is 13.3. The Morgan fingerprint density at radius 3 is 2.48 bits per heavy atom. The first-order valence-corrected chi connectivity index (χ1v) is 9.49. The van der Waals surface area contributed by atoms with Crippen LogP contribution in [0.5, 0.6) is 5.75 Å². The van der Waals surface area contributed by atoms with Crippen molar-refractivity contribution in [3.05, 3.63) is 59.7 Å². The van der Waals surface area contributed by atoms with E-state index in [1.165, 1.54) is 19.1 Å². The number of nitrogens with zero attached hydrogens (tertiary/aromatic N) is 1. The Morgan fingerprint density at radius 2 is 1.74 bits per heavy atom. The summed E-state index contributed by atoms with van der Waals surface area (Å²) in [6, 6.07) is 12.3. The van der Waals surface area contributed by atoms with Crippen LogP contribution in [0, 0.1) is 0 Å². The van der Waals surface area contributed by atoms with Crippen LogP contribution in [0.15, 0.2) is 48.5 Å². The van der Waals surface area contributed by atoms with Crippen LogP contribution in [0.25, 0.3) is 0 Å². The number of esters is 2. The number of hydrogen-bond acceptors (Lipinski definition) is 7. The molecule has 0 saturated carbocycles. The minimum atomic E-state index is -1.06. The highest BCUT2D eigenvalue weighted by molar-refractivity contribution is 6.10. The predicted molar refractivity (Wildman–Crippen MR) is 109 cm³/mol. The number of nitrogens with one attached hydrogen (secondary N) is 1. The fraction of sp³-hybridized carbons (Fsp3) is 0.273. The van der Waals surface area contributed by atoms with Gasteiger partial charge in [0.05, 0.1) is 31.9 Å². The van der Waals surface area contributed by atoms with Crippen molar-refractivity contribution in [2.45, 2.75) is 19.0 Å². The van der Waals surface area contributed by atoms with Gasteiger partial charge in [0, 0.05) is 6.54 Å². The topological polar surface area (TPSA) is 111 Å². The molecule has 3 rings (SSSR count). The second-order valence-corrected chi connectivity index (χ2v) is 6.78. The van der Waals surface area contributed by atoms with Gasteiger partial charge in [0.1, 0.15) is 11.8 Å². The fourth-order valence-electron chi connectivity index (χ4n) is 3.19. The Balaban J connectivity index is 1.91. The summed E-state index contributed by atoms with van der Waals surface area (Å²) in [5.74, 6) is -1.62. The van der Waals surface area contributed by atoms with Gasteiger partial charge in [-0.2, -0.15) is 0 Å². The molecule has 1 aliphatic heterocycles. The van der Waals surface area contributed by atoms with Gasteiger partial charge in [0.2, 0.25) is 5.91 Å². The van der Waals surface area contributed by atoms with E-state index in [2.05, 4.69) is 10.1 Å². The van der Waals surface area contributed by atoms with Crippen LogP contribution in [-0.2, 0) is 30.4 Å². The molecular weight excluding hydrogens is 404 g/mol. The van der Waals surface area contributed by atoms with Crippen LogP contribution in [-0.4, -0.2) is 55.5 Å². The van der Waals surface area contributed by atoms with E-state index >= 15 is 0 Å². The highest BCUT2D eigenvalue weighted by Crippen LogP contribution is 2.26. The van der Waals surface area contributed by atoms with Crippen molar-refractivity contribution < 1.29 is 33.4 Å². The number of benzene rings is 2. The summed E-state index contributed by atoms with van der Waals surface area (Å²) in [5, 5.41) is 2.71. The molecule has 1 atom stereocenters. The van der Waals surface area contributed by atoms with E-state index in [4.69, 9.17) is 9.47 Å². The summed E-state index contributed by atoms with van der Waals surface area (Å²) >= 11 is 0. The summed E-state index contributed by atoms with van der Waals surface area (Å²) in [6.45, 7) is -0.221. The van der Waals surface area contributed by atoms with Crippen molar-refractivity contribution in [2.75, 3.05) is 26.1 Å². The number of para-hydroxylation sites is 1. The van der Waals surface area contributed by atoms with E-state index in [1.807, 2.05) is 0 Å². The first-order valence-electron chi connectivity index (χ1n) is 9.49. The average Bonchev–Trinajstić information content (AvgIpc) is 2.88. The fourth-order valence-corrected chi connectivity index (χ4v) is 3.19. The predicted octanol–water partition coefficient (Wildman–Crippen LogP) is 1.76. The Morgan fingerprint density at radius 1 is 1.00 bits per heavy atom. The number of carbonyl (C=O) groups excluding carboxylic acids is 4. The molecule has 0 unspecified atom stereocenters. The van der Waals surface area contributed by atoms with Gasteiger partial charge in [-0.25, -0.2) is 4.79 Å². The van der Waals surface area contributed by atoms with E-state index in [1.54, 1.807) is 48.5 Å². The van der Waals surface area contributed by atoms with E-state index < -0.39 is 29.8 Å². The van der Waals surface area contributed by atoms with Gasteiger partial charge in [-0.15, -0.1) is 0 Å². The molecule has 0 spiro atoms. The average molecular weight is 426 g/mol. The summed E-state index contributed by atoms with van der Waals surface area (Å²) in [4.78, 5) is 50.7. The summed E-state index contributed by atoms with van der Waals surface area (Å²) < 4.78 is 14.7. The second kappa shape index (κ2) is 9.75. The van der Waals surface area contributed by atoms with Gasteiger partial charge in [0.15, 0.2) is 6.61 Å². The van der Waals surface area contributed by atoms with Crippen molar-refractivity contribution in [3.8, 4) is 5.75 Å². The molecule has 0 fully saturated rings. The number of carbonyl (C=O) groups is 4. The summed E-state index contributed by atoms with van der Waals surface area (Å²) in [7, 11) is 2.48. The first-order chi connectivity index (χ1) is 14.9. The van der Waals surface area contributed by atoms with Gasteiger partial charge in [-0.1, -0.05) is 24.3 Å². The zero-order valence-electron chi connectivity index (χ0n) is 17.1. The number of rotatable bonds is 7. The van der Waals surface area contributed by atoms with Crippen molar-refractivity contribution in [1.29, 1.82) is 0 Å². The first kappa shape index (κ1) is 21.8. The molecule has 2 aromatic carbocycles. The van der Waals surface area contributed by atoms with Crippen molar-refractivity contribution in [3.63, 3.8) is 0 Å². The number of ether oxygens (including phenoxy) is 3. The zero-order valence-corrected chi connectivity index (χ0v) is 17.1. The standard InChI is InChI=1S/C22H22N2O7/c1-29-19(25)11-18-21(27)23-17-9-4-3-8-16(17)22(28)24(18)12-14-6-5-7-15(10-14)31-13-20(26)30-2/h3-10,18H,11-13H2,1-2H3,(H,23,27)/t18-/m0/s1. The monoisotopic (exact) mass is 426 g/mol. The summed E-state index contributed by atoms with van der Waals surface area (Å²) in [6.07, 6.45) is -0.291. The number of amides is 2. The van der Waals surface area contributed by atoms with E-state index in [9.17, 15) is 19.2 Å². The molecule has 162 valence electrons. The molecule has 2 aromatic rings. The minimum Gasteiger partial charge on any atom is -0.482 e. The lowest BCUT2D eigenvalue weighted by molar-refractivity contribution is -0.144. The Bertz CT molecular complexity index is 1000. The lowest BCUT2D eigenvalue weighted by atomic mass is 10.1. The number of methoxy groups -OCH3 is 2. The third kappa shape index (κ3) is 5.19. The molecule has 1 N–H and O–H groups in total. The SMILES string of the molecule is COC(=O)COc1cccc(CN2C(=O)c3ccccc3NC(=O)[C@@H]2CC(=O)OC)c1. The normalized spacial score (nSPS) is 15.4. The lowest BCUT2D eigenvalue weighted by Crippen LogP contribution is -2.46. The molecule has 1 aliphatic rings. The zero-order chi connectivity index (χ0) is 22.4. The van der Waals surface area contributed by atoms with E-state index in [0.717, 1.165) is 0 Å². The van der Waals surface area contributed by atoms with Crippen LogP contribution in [0.4, 0.5) is 5.69 Å². The number of hydrogen-bond donors (Lipinski definition) is 1. The number of fused-ring (bicyclic) bond motifs is 1. The molecule has 31 heavy (non-hydrogen) atoms. The Labute approximate surface area is 178 Å². The van der Waals surface area contributed by atoms with Crippen LogP contribution in [0.3, 0.4) is 0 Å². The Kier molecular flexibility index (Phi) is 6.86. The van der Waals surface area contributed by atoms with E-state index in [0.29, 0.717) is 22.6 Å². The third-order valence-electron chi connectivity index (χ3n) is 4.78. The van der Waals surface area contributed by atoms with Gasteiger partial charge < -0.3 is 24.4 Å². The Hall–Kier alpha value is -3.88. The quantitative estimate of drug-likeness (QED) is 0.672. The van der Waals surface area contributed by atoms with Gasteiger partial charge in [-0.05, 0) is 29.8 Å². The second-order valence-electron chi connectivity index (χ2n) is 6.78. The van der Waals surface area contributed by atoms with Gasteiger partial charge in [0.25, 0.3) is 5.91 Å². The van der Waals surface area contributed by atoms with Crippen LogP contribution in [0.2, 0.25) is 0 Å². The molecule has 9 heteroatoms. The largest absolute Gasteiger partial charge is 0.482 e. The summed E-state index contributed by atoms with van der Waals surface area (Å²) in [5.41, 5.74) is 1.35. The molecule has 9 nitrogen and oxygen atoms in total. The van der Waals surface area contributed by atoms with Crippen molar-refractivity contribution >= 4 is 29.4 Å². The van der Waals surface area contributed by atoms with Gasteiger partial charge in [-0.3, -0.25) is 14.4 Å². The number of anilines is 1. The molecule has 1 heterocycles. The molecule has 0 aromatic heterocycles. The smallest absolute Gasteiger partial charge is 0.343 e. The van der Waals surface area contributed by atoms with Crippen molar-refractivity contribution in [1.82, 2.24) is 4.90 Å². The maximum Gasteiger partial charge on any atom is 0.343 e.